The smallest absolute Gasteiger partial charge is 0.297 e. The Bertz CT molecular complexity index is 1430. The van der Waals surface area contributed by atoms with Gasteiger partial charge >= 0.3 is 0 Å². The highest BCUT2D eigenvalue weighted by atomic mass is 35.5. The van der Waals surface area contributed by atoms with Gasteiger partial charge in [0.2, 0.25) is 11.5 Å². The Morgan fingerprint density at radius 2 is 1.85 bits per heavy atom. The van der Waals surface area contributed by atoms with Crippen molar-refractivity contribution in [1.82, 2.24) is 9.55 Å². The largest absolute Gasteiger partial charge is 0.468 e. The van der Waals surface area contributed by atoms with E-state index in [1.807, 2.05) is 12.1 Å². The van der Waals surface area contributed by atoms with Crippen LogP contribution < -0.4 is 14.5 Å². The van der Waals surface area contributed by atoms with E-state index in [1.54, 1.807) is 19.2 Å². The summed E-state index contributed by atoms with van der Waals surface area (Å²) in [5.74, 6) is -0.549. The van der Waals surface area contributed by atoms with Gasteiger partial charge in [-0.25, -0.2) is 0 Å². The van der Waals surface area contributed by atoms with Crippen LogP contribution in [-0.2, 0) is 15.1 Å². The lowest BCUT2D eigenvalue weighted by atomic mass is 10.1. The zero-order valence-corrected chi connectivity index (χ0v) is 19.6. The van der Waals surface area contributed by atoms with Crippen LogP contribution in [0.3, 0.4) is 0 Å². The average molecular weight is 498 g/mol. The summed E-state index contributed by atoms with van der Waals surface area (Å²) in [5.41, 5.74) is 1.43. The summed E-state index contributed by atoms with van der Waals surface area (Å²) >= 11 is 12.9. The molecule has 34 heavy (non-hydrogen) atoms. The number of hydrogen-bond donors (Lipinski definition) is 0. The Hall–Kier alpha value is -3.61. The average Bonchev–Trinajstić information content (AvgIpc) is 3.42. The third kappa shape index (κ3) is 3.65. The Morgan fingerprint density at radius 3 is 2.47 bits per heavy atom. The molecule has 1 amide bonds. The van der Waals surface area contributed by atoms with Crippen LogP contribution >= 0.6 is 23.2 Å². The van der Waals surface area contributed by atoms with E-state index in [2.05, 4.69) is 21.6 Å². The number of ketones is 1. The SMILES string of the molecule is COc1nc2ccc(Oc3c(Cl)cc(N4N=C(C#N)C(=O)CC4=O)cc3Cl)cc2n1C1(C)CC1. The maximum Gasteiger partial charge on any atom is 0.297 e. The van der Waals surface area contributed by atoms with Gasteiger partial charge in [-0.05, 0) is 44.0 Å². The zero-order chi connectivity index (χ0) is 24.2. The van der Waals surface area contributed by atoms with Crippen molar-refractivity contribution in [1.29, 1.82) is 5.26 Å². The van der Waals surface area contributed by atoms with E-state index >= 15 is 0 Å². The highest BCUT2D eigenvalue weighted by Gasteiger charge is 2.42. The van der Waals surface area contributed by atoms with Gasteiger partial charge < -0.3 is 9.47 Å². The molecule has 1 saturated carbocycles. The summed E-state index contributed by atoms with van der Waals surface area (Å²) in [6.45, 7) is 2.15. The summed E-state index contributed by atoms with van der Waals surface area (Å²) in [4.78, 5) is 28.6. The second kappa shape index (κ2) is 8.01. The summed E-state index contributed by atoms with van der Waals surface area (Å²) in [5, 5.41) is 14.1. The minimum atomic E-state index is -0.632. The molecule has 11 heteroatoms. The van der Waals surface area contributed by atoms with Gasteiger partial charge in [0, 0.05) is 11.6 Å². The molecule has 0 atom stereocenters. The summed E-state index contributed by atoms with van der Waals surface area (Å²) in [7, 11) is 1.59. The minimum absolute atomic E-state index is 0.0547. The number of fused-ring (bicyclic) bond motifs is 1. The number of nitriles is 1. The summed E-state index contributed by atoms with van der Waals surface area (Å²) in [6.07, 6.45) is 1.58. The first-order valence-corrected chi connectivity index (χ1v) is 11.1. The normalized spacial score (nSPS) is 16.9. The molecular weight excluding hydrogens is 481 g/mol. The molecule has 1 aliphatic carbocycles. The molecule has 9 nitrogen and oxygen atoms in total. The molecule has 2 aromatic carbocycles. The lowest BCUT2D eigenvalue weighted by Gasteiger charge is -2.22. The second-order valence-electron chi connectivity index (χ2n) is 8.29. The van der Waals surface area contributed by atoms with Crippen LogP contribution in [0.2, 0.25) is 10.0 Å². The first kappa shape index (κ1) is 22.2. The van der Waals surface area contributed by atoms with Crippen LogP contribution in [-0.4, -0.2) is 34.1 Å². The van der Waals surface area contributed by atoms with Crippen LogP contribution in [0.4, 0.5) is 5.69 Å². The summed E-state index contributed by atoms with van der Waals surface area (Å²) < 4.78 is 13.6. The fourth-order valence-corrected chi connectivity index (χ4v) is 4.39. The van der Waals surface area contributed by atoms with Gasteiger partial charge in [-0.1, -0.05) is 23.2 Å². The molecule has 172 valence electrons. The molecule has 0 unspecified atom stereocenters. The topological polar surface area (TPSA) is 110 Å². The predicted octanol–water partition coefficient (Wildman–Crippen LogP) is 4.84. The molecule has 5 rings (SSSR count). The molecule has 0 spiro atoms. The number of aromatic nitrogens is 2. The number of imidazole rings is 1. The molecule has 0 bridgehead atoms. The molecule has 0 N–H and O–H groups in total. The Morgan fingerprint density at radius 1 is 1.15 bits per heavy atom. The Kier molecular flexibility index (Phi) is 5.23. The number of amides is 1. The fourth-order valence-electron chi connectivity index (χ4n) is 3.84. The third-order valence-electron chi connectivity index (χ3n) is 5.86. The number of nitrogens with zero attached hydrogens (tertiary/aromatic N) is 5. The van der Waals surface area contributed by atoms with Crippen molar-refractivity contribution in [2.45, 2.75) is 31.7 Å². The number of ether oxygens (including phenoxy) is 2. The summed E-state index contributed by atoms with van der Waals surface area (Å²) in [6, 6.07) is 10.5. The lowest BCUT2D eigenvalue weighted by Crippen LogP contribution is -2.36. The maximum absolute atomic E-state index is 12.3. The van der Waals surface area contributed by atoms with Crippen molar-refractivity contribution in [2.75, 3.05) is 12.1 Å². The van der Waals surface area contributed by atoms with Crippen molar-refractivity contribution >= 4 is 57.3 Å². The van der Waals surface area contributed by atoms with E-state index in [0.717, 1.165) is 28.9 Å². The Labute approximate surface area is 204 Å². The molecule has 3 aromatic rings. The van der Waals surface area contributed by atoms with Crippen molar-refractivity contribution < 1.29 is 19.1 Å². The number of hydrogen-bond acceptors (Lipinski definition) is 7. The van der Waals surface area contributed by atoms with Gasteiger partial charge in [0.15, 0.2) is 5.75 Å². The van der Waals surface area contributed by atoms with E-state index in [1.165, 1.54) is 12.1 Å². The minimum Gasteiger partial charge on any atom is -0.468 e. The molecule has 2 aliphatic rings. The zero-order valence-electron chi connectivity index (χ0n) is 18.1. The van der Waals surface area contributed by atoms with Gasteiger partial charge in [0.25, 0.3) is 11.9 Å². The number of carbonyl (C=O) groups excluding carboxylic acids is 2. The number of anilines is 1. The number of benzene rings is 2. The van der Waals surface area contributed by atoms with Gasteiger partial charge in [0.05, 0.1) is 40.3 Å². The van der Waals surface area contributed by atoms with Crippen LogP contribution in [0.1, 0.15) is 26.2 Å². The maximum atomic E-state index is 12.3. The molecule has 0 saturated heterocycles. The van der Waals surface area contributed by atoms with E-state index < -0.39 is 18.1 Å². The highest BCUT2D eigenvalue weighted by Crippen LogP contribution is 2.48. The van der Waals surface area contributed by atoms with Crippen LogP contribution in [0, 0.1) is 11.3 Å². The highest BCUT2D eigenvalue weighted by molar-refractivity contribution is 6.50. The van der Waals surface area contributed by atoms with Crippen molar-refractivity contribution in [3.05, 3.63) is 40.4 Å². The first-order chi connectivity index (χ1) is 16.2. The number of halogens is 2. The molecule has 2 heterocycles. The van der Waals surface area contributed by atoms with Gasteiger partial charge in [-0.15, -0.1) is 0 Å². The van der Waals surface area contributed by atoms with Crippen LogP contribution in [0.5, 0.6) is 17.5 Å². The second-order valence-corrected chi connectivity index (χ2v) is 9.10. The quantitative estimate of drug-likeness (QED) is 0.466. The van der Waals surface area contributed by atoms with Gasteiger partial charge in [0.1, 0.15) is 11.8 Å². The lowest BCUT2D eigenvalue weighted by molar-refractivity contribution is -0.124. The number of carbonyl (C=O) groups is 2. The van der Waals surface area contributed by atoms with Crippen molar-refractivity contribution in [2.24, 2.45) is 5.10 Å². The standard InChI is InChI=1S/C23H17Cl2N5O4/c1-23(5-6-23)29-18-9-13(3-4-16(18)27-22(29)33-2)34-21-14(24)7-12(8-15(21)25)30-20(32)10-19(31)17(11-26)28-30/h3-4,7-9H,5-6,10H2,1-2H3. The van der Waals surface area contributed by atoms with Crippen molar-refractivity contribution in [3.8, 4) is 23.6 Å². The number of Topliss-reactive ketones (excluding diaryl/α,β-unsaturated/α-hetero) is 1. The molecule has 0 radical (unpaired) electrons. The molecule has 1 fully saturated rings. The van der Waals surface area contributed by atoms with Gasteiger partial charge in [-0.2, -0.15) is 20.4 Å². The molecule has 1 aliphatic heterocycles. The fraction of sp³-hybridized carbons (Fsp3) is 0.261. The third-order valence-corrected chi connectivity index (χ3v) is 6.42. The first-order valence-electron chi connectivity index (χ1n) is 10.3. The van der Waals surface area contributed by atoms with Crippen molar-refractivity contribution in [3.63, 3.8) is 0 Å². The van der Waals surface area contributed by atoms with Crippen LogP contribution in [0.25, 0.3) is 11.0 Å². The number of methoxy groups -OCH3 is 1. The number of hydrazone groups is 1. The van der Waals surface area contributed by atoms with E-state index in [9.17, 15) is 9.59 Å². The number of rotatable bonds is 5. The van der Waals surface area contributed by atoms with Gasteiger partial charge in [-0.3, -0.25) is 14.2 Å². The monoisotopic (exact) mass is 497 g/mol. The molecular formula is C23H17Cl2N5O4. The van der Waals surface area contributed by atoms with E-state index in [0.29, 0.717) is 11.8 Å². The predicted molar refractivity (Wildman–Crippen MR) is 126 cm³/mol. The van der Waals surface area contributed by atoms with E-state index in [-0.39, 0.29) is 32.7 Å². The molecule has 1 aromatic heterocycles. The van der Waals surface area contributed by atoms with Crippen LogP contribution in [0.15, 0.2) is 35.4 Å². The van der Waals surface area contributed by atoms with E-state index in [4.69, 9.17) is 37.9 Å². The Balaban J connectivity index is 1.50.